The van der Waals surface area contributed by atoms with Crippen LogP contribution in [0.5, 0.6) is 5.75 Å². The zero-order chi connectivity index (χ0) is 25.4. The number of hydrogen-bond donors (Lipinski definition) is 2. The van der Waals surface area contributed by atoms with Crippen LogP contribution in [0.4, 0.5) is 5.69 Å². The average molecular weight is 530 g/mol. The van der Waals surface area contributed by atoms with Gasteiger partial charge in [0.25, 0.3) is 17.5 Å². The highest BCUT2D eigenvalue weighted by Gasteiger charge is 2.25. The van der Waals surface area contributed by atoms with Gasteiger partial charge < -0.3 is 10.1 Å². The fourth-order valence-electron chi connectivity index (χ4n) is 2.81. The zero-order valence-corrected chi connectivity index (χ0v) is 20.8. The number of nitrogens with zero attached hydrogens (tertiary/aromatic N) is 2. The van der Waals surface area contributed by atoms with Crippen molar-refractivity contribution >= 4 is 58.5 Å². The maximum Gasteiger partial charge on any atom is 0.288 e. The minimum atomic E-state index is -0.945. The Morgan fingerprint density at radius 1 is 1.09 bits per heavy atom. The number of rotatable bonds is 10. The molecule has 0 aromatic heterocycles. The van der Waals surface area contributed by atoms with E-state index in [4.69, 9.17) is 39.5 Å². The van der Waals surface area contributed by atoms with E-state index >= 15 is 0 Å². The molecule has 2 atom stereocenters. The lowest BCUT2D eigenvalue weighted by atomic mass is 10.0. The van der Waals surface area contributed by atoms with Crippen LogP contribution in [-0.4, -0.2) is 35.1 Å². The Kier molecular flexibility index (Phi) is 10.1. The average Bonchev–Trinajstić information content (AvgIpc) is 2.75. The number of carbonyl (C=O) groups excluding carboxylic acids is 2. The maximum atomic E-state index is 12.7. The fourth-order valence-corrected chi connectivity index (χ4v) is 3.44. The summed E-state index contributed by atoms with van der Waals surface area (Å²) in [5.41, 5.74) is 2.43. The first-order valence-corrected chi connectivity index (χ1v) is 11.3. The number of halogens is 3. The summed E-state index contributed by atoms with van der Waals surface area (Å²) in [6.45, 7) is 5.32. The summed E-state index contributed by atoms with van der Waals surface area (Å²) >= 11 is 17.7. The monoisotopic (exact) mass is 528 g/mol. The van der Waals surface area contributed by atoms with E-state index in [1.54, 1.807) is 12.1 Å². The van der Waals surface area contributed by atoms with E-state index in [2.05, 4.69) is 15.8 Å². The SMILES string of the molecule is CC(C)C[C@H](NC(=O)[C@H](C)Oc1ccc(Cl)cc1Cl)C(=O)N/N=C\c1ccc(Cl)c([N+](=O)[O-])c1. The third-order valence-electron chi connectivity index (χ3n) is 4.46. The smallest absolute Gasteiger partial charge is 0.288 e. The van der Waals surface area contributed by atoms with Crippen molar-refractivity contribution in [2.75, 3.05) is 0 Å². The molecule has 9 nitrogen and oxygen atoms in total. The molecule has 0 aliphatic rings. The Morgan fingerprint density at radius 2 is 1.79 bits per heavy atom. The van der Waals surface area contributed by atoms with Gasteiger partial charge in [-0.05, 0) is 43.5 Å². The van der Waals surface area contributed by atoms with Gasteiger partial charge in [0.05, 0.1) is 16.2 Å². The summed E-state index contributed by atoms with van der Waals surface area (Å²) in [7, 11) is 0. The van der Waals surface area contributed by atoms with Crippen molar-refractivity contribution in [2.24, 2.45) is 11.0 Å². The summed E-state index contributed by atoms with van der Waals surface area (Å²) in [5, 5.41) is 18.2. The summed E-state index contributed by atoms with van der Waals surface area (Å²) in [4.78, 5) is 35.7. The normalized spacial score (nSPS) is 12.9. The lowest BCUT2D eigenvalue weighted by molar-refractivity contribution is -0.384. The molecule has 2 aromatic rings. The van der Waals surface area contributed by atoms with Crippen LogP contribution < -0.4 is 15.5 Å². The number of carbonyl (C=O) groups is 2. The van der Waals surface area contributed by atoms with Gasteiger partial charge in [0, 0.05) is 16.7 Å². The van der Waals surface area contributed by atoms with E-state index in [-0.39, 0.29) is 27.4 Å². The Hall–Kier alpha value is -2.88. The molecule has 2 rings (SSSR count). The molecule has 0 aliphatic carbocycles. The molecule has 0 aliphatic heterocycles. The topological polar surface area (TPSA) is 123 Å². The van der Waals surface area contributed by atoms with Gasteiger partial charge >= 0.3 is 0 Å². The number of amides is 2. The highest BCUT2D eigenvalue weighted by atomic mass is 35.5. The van der Waals surface area contributed by atoms with Gasteiger partial charge in [-0.3, -0.25) is 19.7 Å². The van der Waals surface area contributed by atoms with Gasteiger partial charge in [-0.25, -0.2) is 5.43 Å². The second kappa shape index (κ2) is 12.5. The second-order valence-electron chi connectivity index (χ2n) is 7.73. The molecule has 12 heteroatoms. The molecule has 2 amide bonds. The quantitative estimate of drug-likeness (QED) is 0.255. The molecular weight excluding hydrogens is 507 g/mol. The number of nitro groups is 1. The van der Waals surface area contributed by atoms with E-state index < -0.39 is 28.9 Å². The summed E-state index contributed by atoms with van der Waals surface area (Å²) in [6, 6.07) is 7.82. The fraction of sp³-hybridized carbons (Fsp3) is 0.318. The van der Waals surface area contributed by atoms with Crippen LogP contribution in [0.2, 0.25) is 15.1 Å². The largest absolute Gasteiger partial charge is 0.479 e. The molecule has 2 N–H and O–H groups in total. The maximum absolute atomic E-state index is 12.7. The number of hydrogen-bond acceptors (Lipinski definition) is 6. The van der Waals surface area contributed by atoms with Crippen molar-refractivity contribution in [1.29, 1.82) is 0 Å². The van der Waals surface area contributed by atoms with Gasteiger partial charge in [0.1, 0.15) is 16.8 Å². The Labute approximate surface area is 211 Å². The first-order chi connectivity index (χ1) is 16.0. The molecule has 0 saturated heterocycles. The molecule has 0 spiro atoms. The number of ether oxygens (including phenoxy) is 1. The second-order valence-corrected chi connectivity index (χ2v) is 8.98. The molecule has 2 aromatic carbocycles. The van der Waals surface area contributed by atoms with Crippen LogP contribution in [0.25, 0.3) is 0 Å². The minimum Gasteiger partial charge on any atom is -0.479 e. The number of benzene rings is 2. The summed E-state index contributed by atoms with van der Waals surface area (Å²) in [6.07, 6.45) is 0.636. The molecule has 0 unspecified atom stereocenters. The molecule has 0 saturated carbocycles. The lowest BCUT2D eigenvalue weighted by Crippen LogP contribution is -2.49. The Balaban J connectivity index is 2.04. The van der Waals surface area contributed by atoms with Gasteiger partial charge in [0.2, 0.25) is 0 Å². The van der Waals surface area contributed by atoms with Crippen LogP contribution in [0.15, 0.2) is 41.5 Å². The van der Waals surface area contributed by atoms with Gasteiger partial charge in [0.15, 0.2) is 6.10 Å². The first kappa shape index (κ1) is 27.4. The molecule has 0 radical (unpaired) electrons. The van der Waals surface area contributed by atoms with E-state index in [1.807, 2.05) is 13.8 Å². The highest BCUT2D eigenvalue weighted by molar-refractivity contribution is 6.35. The van der Waals surface area contributed by atoms with E-state index in [0.717, 1.165) is 0 Å². The van der Waals surface area contributed by atoms with Gasteiger partial charge in [-0.15, -0.1) is 0 Å². The van der Waals surface area contributed by atoms with Crippen LogP contribution in [0.3, 0.4) is 0 Å². The molecule has 34 heavy (non-hydrogen) atoms. The Bertz CT molecular complexity index is 1090. The molecule has 182 valence electrons. The summed E-state index contributed by atoms with van der Waals surface area (Å²) in [5.74, 6) is -0.719. The van der Waals surface area contributed by atoms with Crippen molar-refractivity contribution in [2.45, 2.75) is 39.3 Å². The zero-order valence-electron chi connectivity index (χ0n) is 18.6. The van der Waals surface area contributed by atoms with Crippen LogP contribution in [0.1, 0.15) is 32.8 Å². The van der Waals surface area contributed by atoms with Crippen molar-refractivity contribution in [3.63, 3.8) is 0 Å². The van der Waals surface area contributed by atoms with Crippen LogP contribution in [-0.2, 0) is 9.59 Å². The number of nitro benzene ring substituents is 1. The van der Waals surface area contributed by atoms with E-state index in [0.29, 0.717) is 17.0 Å². The van der Waals surface area contributed by atoms with Crippen LogP contribution in [0, 0.1) is 16.0 Å². The molecule has 0 fully saturated rings. The number of hydrazone groups is 1. The third kappa shape index (κ3) is 8.16. The predicted molar refractivity (Wildman–Crippen MR) is 132 cm³/mol. The molecule has 0 heterocycles. The predicted octanol–water partition coefficient (Wildman–Crippen LogP) is 5.00. The van der Waals surface area contributed by atoms with E-state index in [1.165, 1.54) is 37.4 Å². The van der Waals surface area contributed by atoms with Crippen molar-refractivity contribution < 1.29 is 19.2 Å². The van der Waals surface area contributed by atoms with Gasteiger partial charge in [-0.2, -0.15) is 5.10 Å². The van der Waals surface area contributed by atoms with E-state index in [9.17, 15) is 19.7 Å². The van der Waals surface area contributed by atoms with Gasteiger partial charge in [-0.1, -0.05) is 54.7 Å². The summed E-state index contributed by atoms with van der Waals surface area (Å²) < 4.78 is 5.60. The first-order valence-electron chi connectivity index (χ1n) is 10.2. The van der Waals surface area contributed by atoms with Crippen LogP contribution >= 0.6 is 34.8 Å². The highest BCUT2D eigenvalue weighted by Crippen LogP contribution is 2.28. The minimum absolute atomic E-state index is 0.0119. The molecular formula is C22H23Cl3N4O5. The molecule has 0 bridgehead atoms. The van der Waals surface area contributed by atoms with Crippen molar-refractivity contribution in [3.05, 3.63) is 67.1 Å². The number of nitrogens with one attached hydrogen (secondary N) is 2. The van der Waals surface area contributed by atoms with Crippen molar-refractivity contribution in [3.8, 4) is 5.75 Å². The lowest BCUT2D eigenvalue weighted by Gasteiger charge is -2.22. The Morgan fingerprint density at radius 3 is 2.41 bits per heavy atom. The third-order valence-corrected chi connectivity index (χ3v) is 5.31. The van der Waals surface area contributed by atoms with Crippen molar-refractivity contribution in [1.82, 2.24) is 10.7 Å². The standard InChI is InChI=1S/C22H23Cl3N4O5/c1-12(2)8-18(27-21(30)13(3)34-20-7-5-15(23)10-17(20)25)22(31)28-26-11-14-4-6-16(24)19(9-14)29(32)33/h4-7,9-13,18H,8H2,1-3H3,(H,27,30)(H,28,31)/b26-11-/t13-,18-/m0/s1.